The topological polar surface area (TPSA) is 44.5 Å². The van der Waals surface area contributed by atoms with E-state index < -0.39 is 0 Å². The second kappa shape index (κ2) is 7.08. The highest BCUT2D eigenvalue weighted by Gasteiger charge is 2.08. The van der Waals surface area contributed by atoms with Crippen molar-refractivity contribution in [2.45, 2.75) is 19.4 Å². The van der Waals surface area contributed by atoms with Gasteiger partial charge in [-0.1, -0.05) is 30.3 Å². The summed E-state index contributed by atoms with van der Waals surface area (Å²) in [6, 6.07) is 15.9. The van der Waals surface area contributed by atoms with Crippen LogP contribution in [0.4, 0.5) is 0 Å². The van der Waals surface area contributed by atoms with Crippen LogP contribution in [-0.2, 0) is 11.2 Å². The second-order valence-electron chi connectivity index (χ2n) is 4.82. The monoisotopic (exact) mass is 271 g/mol. The van der Waals surface area contributed by atoms with Crippen LogP contribution in [0.3, 0.4) is 0 Å². The van der Waals surface area contributed by atoms with Crippen LogP contribution >= 0.6 is 0 Å². The fourth-order valence-electron chi connectivity index (χ4n) is 2.02. The Kier molecular flexibility index (Phi) is 5.16. The van der Waals surface area contributed by atoms with Crippen molar-refractivity contribution >= 4 is 0 Å². The van der Waals surface area contributed by atoms with Crippen LogP contribution in [0.5, 0.6) is 11.5 Å². The van der Waals surface area contributed by atoms with Crippen molar-refractivity contribution in [3.05, 3.63) is 59.7 Å². The molecule has 2 aromatic carbocycles. The fraction of sp³-hybridized carbons (Fsp3) is 0.294. The molecule has 0 amide bonds. The molecular formula is C17H21NO2. The molecule has 0 aliphatic carbocycles. The Balaban J connectivity index is 2.10. The number of benzene rings is 2. The van der Waals surface area contributed by atoms with Gasteiger partial charge >= 0.3 is 0 Å². The zero-order chi connectivity index (χ0) is 14.4. The molecule has 0 aromatic heterocycles. The van der Waals surface area contributed by atoms with E-state index in [1.54, 1.807) is 7.11 Å². The molecule has 2 rings (SSSR count). The number of nitrogens with two attached hydrogens (primary N) is 1. The molecule has 0 spiro atoms. The maximum Gasteiger partial charge on any atom is 0.132 e. The number of hydrogen-bond donors (Lipinski definition) is 1. The highest BCUT2D eigenvalue weighted by atomic mass is 16.5. The van der Waals surface area contributed by atoms with Crippen LogP contribution in [0, 0.1) is 0 Å². The minimum Gasteiger partial charge on any atom is -0.457 e. The molecule has 0 aliphatic heterocycles. The molecule has 0 saturated carbocycles. The van der Waals surface area contributed by atoms with Gasteiger partial charge in [0.05, 0.1) is 6.61 Å². The maximum absolute atomic E-state index is 5.95. The summed E-state index contributed by atoms with van der Waals surface area (Å²) in [6.45, 7) is 2.68. The molecule has 0 fully saturated rings. The van der Waals surface area contributed by atoms with Crippen molar-refractivity contribution in [3.8, 4) is 11.5 Å². The van der Waals surface area contributed by atoms with Crippen LogP contribution in [0.25, 0.3) is 0 Å². The van der Waals surface area contributed by atoms with Crippen molar-refractivity contribution in [2.24, 2.45) is 5.73 Å². The Hall–Kier alpha value is -1.84. The summed E-state index contributed by atoms with van der Waals surface area (Å²) in [7, 11) is 1.71. The first-order valence-electron chi connectivity index (χ1n) is 6.81. The van der Waals surface area contributed by atoms with Gasteiger partial charge in [0, 0.05) is 18.7 Å². The summed E-state index contributed by atoms with van der Waals surface area (Å²) in [4.78, 5) is 0. The first kappa shape index (κ1) is 14.6. The van der Waals surface area contributed by atoms with E-state index in [4.69, 9.17) is 15.2 Å². The fourth-order valence-corrected chi connectivity index (χ4v) is 2.02. The summed E-state index contributed by atoms with van der Waals surface area (Å²) < 4.78 is 11.0. The lowest BCUT2D eigenvalue weighted by Gasteiger charge is -2.13. The zero-order valence-electron chi connectivity index (χ0n) is 12.0. The predicted molar refractivity (Wildman–Crippen MR) is 81.1 cm³/mol. The van der Waals surface area contributed by atoms with Gasteiger partial charge in [-0.3, -0.25) is 0 Å². The standard InChI is InChI=1S/C17H21NO2/c1-13(18)16-5-3-4-6-17(16)20-15-9-7-14(8-10-15)11-12-19-2/h3-10,13H,11-12,18H2,1-2H3/t13-/m0/s1. The SMILES string of the molecule is COCCc1ccc(Oc2ccccc2[C@H](C)N)cc1. The van der Waals surface area contributed by atoms with Gasteiger partial charge in [0.1, 0.15) is 11.5 Å². The van der Waals surface area contributed by atoms with Crippen LogP contribution in [0.15, 0.2) is 48.5 Å². The summed E-state index contributed by atoms with van der Waals surface area (Å²) in [5.74, 6) is 1.63. The summed E-state index contributed by atoms with van der Waals surface area (Å²) in [5, 5.41) is 0. The average Bonchev–Trinajstić information content (AvgIpc) is 2.47. The molecule has 1 atom stereocenters. The summed E-state index contributed by atoms with van der Waals surface area (Å²) >= 11 is 0. The third-order valence-corrected chi connectivity index (χ3v) is 3.16. The molecule has 2 N–H and O–H groups in total. The van der Waals surface area contributed by atoms with Crippen LogP contribution in [0.2, 0.25) is 0 Å². The van der Waals surface area contributed by atoms with Crippen LogP contribution < -0.4 is 10.5 Å². The van der Waals surface area contributed by atoms with Crippen molar-refractivity contribution in [3.63, 3.8) is 0 Å². The number of para-hydroxylation sites is 1. The third kappa shape index (κ3) is 3.83. The van der Waals surface area contributed by atoms with Gasteiger partial charge in [0.2, 0.25) is 0 Å². The molecule has 106 valence electrons. The Morgan fingerprint density at radius 1 is 1.05 bits per heavy atom. The lowest BCUT2D eigenvalue weighted by molar-refractivity contribution is 0.202. The van der Waals surface area contributed by atoms with Crippen molar-refractivity contribution in [2.75, 3.05) is 13.7 Å². The van der Waals surface area contributed by atoms with E-state index in [0.717, 1.165) is 30.1 Å². The molecular weight excluding hydrogens is 250 g/mol. The first-order chi connectivity index (χ1) is 9.70. The van der Waals surface area contributed by atoms with E-state index >= 15 is 0 Å². The quantitative estimate of drug-likeness (QED) is 0.871. The van der Waals surface area contributed by atoms with E-state index in [2.05, 4.69) is 12.1 Å². The molecule has 2 aromatic rings. The van der Waals surface area contributed by atoms with Gasteiger partial charge in [-0.2, -0.15) is 0 Å². The molecule has 0 unspecified atom stereocenters. The zero-order valence-corrected chi connectivity index (χ0v) is 12.0. The van der Waals surface area contributed by atoms with Gasteiger partial charge in [0.25, 0.3) is 0 Å². The third-order valence-electron chi connectivity index (χ3n) is 3.16. The van der Waals surface area contributed by atoms with Crippen molar-refractivity contribution < 1.29 is 9.47 Å². The Morgan fingerprint density at radius 3 is 2.40 bits per heavy atom. The van der Waals surface area contributed by atoms with E-state index in [-0.39, 0.29) is 6.04 Å². The Morgan fingerprint density at radius 2 is 1.75 bits per heavy atom. The normalized spacial score (nSPS) is 12.2. The molecule has 0 heterocycles. The Bertz CT molecular complexity index is 535. The van der Waals surface area contributed by atoms with E-state index in [0.29, 0.717) is 0 Å². The van der Waals surface area contributed by atoms with Gasteiger partial charge < -0.3 is 15.2 Å². The minimum atomic E-state index is -0.0489. The second-order valence-corrected chi connectivity index (χ2v) is 4.82. The van der Waals surface area contributed by atoms with Gasteiger partial charge in [-0.05, 0) is 37.1 Å². The van der Waals surface area contributed by atoms with Gasteiger partial charge in [-0.25, -0.2) is 0 Å². The highest BCUT2D eigenvalue weighted by molar-refractivity contribution is 5.39. The number of rotatable bonds is 6. The number of ether oxygens (including phenoxy) is 2. The highest BCUT2D eigenvalue weighted by Crippen LogP contribution is 2.28. The summed E-state index contributed by atoms with van der Waals surface area (Å²) in [6.07, 6.45) is 0.910. The lowest BCUT2D eigenvalue weighted by Crippen LogP contribution is -2.06. The smallest absolute Gasteiger partial charge is 0.132 e. The lowest BCUT2D eigenvalue weighted by atomic mass is 10.1. The summed E-state index contributed by atoms with van der Waals surface area (Å²) in [5.41, 5.74) is 8.20. The maximum atomic E-state index is 5.95. The minimum absolute atomic E-state index is 0.0489. The molecule has 0 bridgehead atoms. The first-order valence-corrected chi connectivity index (χ1v) is 6.81. The van der Waals surface area contributed by atoms with Gasteiger partial charge in [0.15, 0.2) is 0 Å². The average molecular weight is 271 g/mol. The molecule has 0 radical (unpaired) electrons. The molecule has 20 heavy (non-hydrogen) atoms. The Labute approximate surface area is 120 Å². The predicted octanol–water partition coefficient (Wildman–Crippen LogP) is 3.69. The molecule has 0 aliphatic rings. The molecule has 3 nitrogen and oxygen atoms in total. The number of methoxy groups -OCH3 is 1. The van der Waals surface area contributed by atoms with E-state index in [1.165, 1.54) is 5.56 Å². The van der Waals surface area contributed by atoms with Crippen LogP contribution in [0.1, 0.15) is 24.1 Å². The largest absolute Gasteiger partial charge is 0.457 e. The van der Waals surface area contributed by atoms with E-state index in [1.807, 2.05) is 43.3 Å². The van der Waals surface area contributed by atoms with Gasteiger partial charge in [-0.15, -0.1) is 0 Å². The van der Waals surface area contributed by atoms with E-state index in [9.17, 15) is 0 Å². The van der Waals surface area contributed by atoms with Crippen molar-refractivity contribution in [1.29, 1.82) is 0 Å². The molecule has 3 heteroatoms. The van der Waals surface area contributed by atoms with Crippen LogP contribution in [-0.4, -0.2) is 13.7 Å². The number of hydrogen-bond acceptors (Lipinski definition) is 3. The molecule has 0 saturated heterocycles. The van der Waals surface area contributed by atoms with Crippen molar-refractivity contribution in [1.82, 2.24) is 0 Å².